The van der Waals surface area contributed by atoms with Crippen LogP contribution in [-0.4, -0.2) is 34.7 Å². The number of carbonyl (C=O) groups excluding carboxylic acids is 1. The van der Waals surface area contributed by atoms with E-state index in [-0.39, 0.29) is 11.3 Å². The predicted molar refractivity (Wildman–Crippen MR) is 147 cm³/mol. The fourth-order valence-electron chi connectivity index (χ4n) is 4.51. The van der Waals surface area contributed by atoms with E-state index >= 15 is 0 Å². The van der Waals surface area contributed by atoms with Gasteiger partial charge in [0.2, 0.25) is 0 Å². The molecule has 2 aromatic carbocycles. The van der Waals surface area contributed by atoms with Gasteiger partial charge in [-0.2, -0.15) is 0 Å². The Hall–Kier alpha value is -2.99. The molecule has 0 spiro atoms. The first kappa shape index (κ1) is 29.2. The Morgan fingerprint density at radius 3 is 2.17 bits per heavy atom. The summed E-state index contributed by atoms with van der Waals surface area (Å²) >= 11 is 0. The van der Waals surface area contributed by atoms with Crippen LogP contribution in [0.15, 0.2) is 43.5 Å². The Morgan fingerprint density at radius 2 is 1.69 bits per heavy atom. The van der Waals surface area contributed by atoms with Crippen LogP contribution >= 0.6 is 0 Å². The maximum Gasteiger partial charge on any atom is 0.263 e. The van der Waals surface area contributed by atoms with Crippen LogP contribution < -0.4 is 4.90 Å². The Morgan fingerprint density at radius 1 is 1.14 bits per heavy atom. The summed E-state index contributed by atoms with van der Waals surface area (Å²) in [5.41, 5.74) is 7.01. The van der Waals surface area contributed by atoms with Gasteiger partial charge in [0.05, 0.1) is 16.8 Å². The number of aryl methyl sites for hydroxylation is 1. The molecule has 4 rings (SSSR count). The normalized spacial score (nSPS) is 12.7. The molecule has 3 aromatic rings. The highest BCUT2D eigenvalue weighted by atomic mass is 19.3. The maximum absolute atomic E-state index is 13.0. The first-order valence-corrected chi connectivity index (χ1v) is 12.3. The molecule has 196 valence electrons. The van der Waals surface area contributed by atoms with Crippen molar-refractivity contribution in [2.75, 3.05) is 18.5 Å². The topological polar surface area (TPSA) is 45.5 Å². The zero-order chi connectivity index (χ0) is 27.4. The number of halogens is 2. The van der Waals surface area contributed by atoms with Gasteiger partial charge in [0.1, 0.15) is 5.78 Å². The number of ketones is 1. The summed E-state index contributed by atoms with van der Waals surface area (Å²) < 4.78 is 28.4. The number of likely N-dealkylation sites (N-methyl/N-ethyl adjacent to an activating group) is 1. The molecule has 1 aromatic heterocycles. The maximum atomic E-state index is 13.0. The average Bonchev–Trinajstić information content (AvgIpc) is 3.15. The van der Waals surface area contributed by atoms with Crippen molar-refractivity contribution in [3.05, 3.63) is 65.9 Å². The third-order valence-corrected chi connectivity index (χ3v) is 6.69. The van der Waals surface area contributed by atoms with E-state index in [0.29, 0.717) is 6.42 Å². The lowest BCUT2D eigenvalue weighted by Gasteiger charge is -2.31. The van der Waals surface area contributed by atoms with Crippen molar-refractivity contribution >= 4 is 22.4 Å². The standard InChI is InChI=1S/C23H24F2N2O.C5H12O.C2H4/c1-13-11-19-20(16-5-7-17(8-6-16)23(24)25)18(12-14(2)28)15(3)21-22(19)27(13)10-9-26(21)4;1-4-5(2,3)6;1-2/h5-8,11,23H,9-10,12H2,1-4H3;6H,4H2,1-3H3;1-2H2. The highest BCUT2D eigenvalue weighted by molar-refractivity contribution is 6.07. The fourth-order valence-corrected chi connectivity index (χ4v) is 4.51. The second kappa shape index (κ2) is 11.8. The number of Topliss-reactive ketones (excluding diaryl/α,β-unsaturated/α-hetero) is 1. The van der Waals surface area contributed by atoms with E-state index in [1.807, 2.05) is 6.92 Å². The van der Waals surface area contributed by atoms with Gasteiger partial charge in [-0.15, -0.1) is 13.2 Å². The molecule has 0 amide bonds. The molecule has 1 aliphatic heterocycles. The summed E-state index contributed by atoms with van der Waals surface area (Å²) in [5, 5.41) is 9.91. The van der Waals surface area contributed by atoms with Gasteiger partial charge in [-0.3, -0.25) is 4.79 Å². The van der Waals surface area contributed by atoms with E-state index in [2.05, 4.69) is 49.6 Å². The summed E-state index contributed by atoms with van der Waals surface area (Å²) in [7, 11) is 2.09. The zero-order valence-electron chi connectivity index (χ0n) is 22.7. The van der Waals surface area contributed by atoms with Gasteiger partial charge in [-0.25, -0.2) is 8.78 Å². The van der Waals surface area contributed by atoms with Gasteiger partial charge in [0.15, 0.2) is 0 Å². The number of alkyl halides is 2. The summed E-state index contributed by atoms with van der Waals surface area (Å²) in [6, 6.07) is 8.63. The minimum atomic E-state index is -2.49. The van der Waals surface area contributed by atoms with Gasteiger partial charge in [-0.05, 0) is 69.4 Å². The second-order valence-electron chi connectivity index (χ2n) is 9.92. The molecule has 0 saturated carbocycles. The summed E-state index contributed by atoms with van der Waals surface area (Å²) in [6.45, 7) is 19.1. The van der Waals surface area contributed by atoms with Crippen LogP contribution in [0.1, 0.15) is 62.9 Å². The molecule has 4 nitrogen and oxygen atoms in total. The lowest BCUT2D eigenvalue weighted by atomic mass is 9.87. The monoisotopic (exact) mass is 498 g/mol. The lowest BCUT2D eigenvalue weighted by molar-refractivity contribution is -0.116. The van der Waals surface area contributed by atoms with Crippen molar-refractivity contribution in [2.45, 2.75) is 73.0 Å². The first-order valence-electron chi connectivity index (χ1n) is 12.3. The number of hydrogen-bond donors (Lipinski definition) is 1. The van der Waals surface area contributed by atoms with Crippen molar-refractivity contribution in [3.63, 3.8) is 0 Å². The SMILES string of the molecule is C=C.CC(=O)Cc1c(C)c2c3c(cc(C)n3CCN2C)c1-c1ccc(C(F)F)cc1.CCC(C)(C)O. The van der Waals surface area contributed by atoms with Crippen LogP contribution in [-0.2, 0) is 17.8 Å². The molecule has 0 aliphatic carbocycles. The molecular weight excluding hydrogens is 458 g/mol. The van der Waals surface area contributed by atoms with E-state index in [4.69, 9.17) is 5.11 Å². The van der Waals surface area contributed by atoms with Crippen molar-refractivity contribution in [1.82, 2.24) is 4.57 Å². The minimum Gasteiger partial charge on any atom is -0.390 e. The Kier molecular flexibility index (Phi) is 9.61. The van der Waals surface area contributed by atoms with E-state index in [9.17, 15) is 13.6 Å². The molecule has 1 aliphatic rings. The van der Waals surface area contributed by atoms with E-state index in [1.165, 1.54) is 29.0 Å². The van der Waals surface area contributed by atoms with Gasteiger partial charge in [0, 0.05) is 43.2 Å². The number of benzene rings is 2. The van der Waals surface area contributed by atoms with Gasteiger partial charge in [-0.1, -0.05) is 31.2 Å². The Bertz CT molecular complexity index is 1200. The Balaban J connectivity index is 0.000000502. The first-order chi connectivity index (χ1) is 16.9. The minimum absolute atomic E-state index is 0.0102. The van der Waals surface area contributed by atoms with Crippen LogP contribution in [0.3, 0.4) is 0 Å². The van der Waals surface area contributed by atoms with Crippen molar-refractivity contribution in [1.29, 1.82) is 0 Å². The number of carbonyl (C=O) groups is 1. The van der Waals surface area contributed by atoms with E-state index in [1.54, 1.807) is 32.9 Å². The van der Waals surface area contributed by atoms with Crippen LogP contribution in [0, 0.1) is 13.8 Å². The molecule has 0 unspecified atom stereocenters. The van der Waals surface area contributed by atoms with Crippen LogP contribution in [0.25, 0.3) is 22.0 Å². The number of nitrogens with zero attached hydrogens (tertiary/aromatic N) is 2. The third-order valence-electron chi connectivity index (χ3n) is 6.69. The number of rotatable bonds is 5. The molecule has 1 N–H and O–H groups in total. The molecule has 0 radical (unpaired) electrons. The number of anilines is 1. The van der Waals surface area contributed by atoms with Gasteiger partial charge >= 0.3 is 0 Å². The molecule has 0 atom stereocenters. The average molecular weight is 499 g/mol. The third kappa shape index (κ3) is 6.22. The Labute approximate surface area is 214 Å². The molecule has 0 bridgehead atoms. The fraction of sp³-hybridized carbons (Fsp3) is 0.433. The second-order valence-corrected chi connectivity index (χ2v) is 9.92. The summed E-state index contributed by atoms with van der Waals surface area (Å²) in [5.74, 6) is 0.0923. The van der Waals surface area contributed by atoms with Crippen molar-refractivity contribution in [2.24, 2.45) is 0 Å². The predicted octanol–water partition coefficient (Wildman–Crippen LogP) is 7.41. The summed E-state index contributed by atoms with van der Waals surface area (Å²) in [6.07, 6.45) is -1.33. The highest BCUT2D eigenvalue weighted by Crippen LogP contribution is 2.44. The molecule has 6 heteroatoms. The van der Waals surface area contributed by atoms with Crippen LogP contribution in [0.5, 0.6) is 0 Å². The van der Waals surface area contributed by atoms with Gasteiger partial charge in [0.25, 0.3) is 6.43 Å². The highest BCUT2D eigenvalue weighted by Gasteiger charge is 2.27. The van der Waals surface area contributed by atoms with Crippen molar-refractivity contribution in [3.8, 4) is 11.1 Å². The number of aromatic nitrogens is 1. The molecule has 2 heterocycles. The molecule has 36 heavy (non-hydrogen) atoms. The molecule has 0 fully saturated rings. The summed E-state index contributed by atoms with van der Waals surface area (Å²) in [4.78, 5) is 14.3. The quantitative estimate of drug-likeness (QED) is 0.373. The van der Waals surface area contributed by atoms with Crippen molar-refractivity contribution < 1.29 is 18.7 Å². The lowest BCUT2D eigenvalue weighted by Crippen LogP contribution is -2.29. The largest absolute Gasteiger partial charge is 0.390 e. The van der Waals surface area contributed by atoms with Gasteiger partial charge < -0.3 is 14.6 Å². The van der Waals surface area contributed by atoms with Crippen LogP contribution in [0.2, 0.25) is 0 Å². The molecular formula is C30H40F2N2O2. The number of hydrogen-bond acceptors (Lipinski definition) is 3. The zero-order valence-corrected chi connectivity index (χ0v) is 22.7. The molecule has 0 saturated heterocycles. The number of aliphatic hydroxyl groups is 1. The van der Waals surface area contributed by atoms with Crippen LogP contribution in [0.4, 0.5) is 14.5 Å². The van der Waals surface area contributed by atoms with E-state index in [0.717, 1.165) is 47.2 Å². The van der Waals surface area contributed by atoms with E-state index < -0.39 is 12.0 Å². The smallest absolute Gasteiger partial charge is 0.263 e.